The van der Waals surface area contributed by atoms with Gasteiger partial charge in [0.25, 0.3) is 11.8 Å². The molecule has 1 aromatic carbocycles. The van der Waals surface area contributed by atoms with E-state index in [2.05, 4.69) is 11.9 Å². The maximum atomic E-state index is 13.9. The van der Waals surface area contributed by atoms with Crippen LogP contribution in [0.15, 0.2) is 41.3 Å². The Kier molecular flexibility index (Phi) is 6.27. The van der Waals surface area contributed by atoms with Crippen molar-refractivity contribution >= 4 is 11.8 Å². The van der Waals surface area contributed by atoms with Gasteiger partial charge in [-0.15, -0.1) is 0 Å². The number of aromatic nitrogens is 1. The second-order valence-corrected chi connectivity index (χ2v) is 8.42. The van der Waals surface area contributed by atoms with Crippen LogP contribution in [0.5, 0.6) is 5.75 Å². The van der Waals surface area contributed by atoms with E-state index in [0.29, 0.717) is 6.07 Å². The number of nitrogens with one attached hydrogen (secondary N) is 1. The predicted molar refractivity (Wildman–Crippen MR) is 117 cm³/mol. The highest BCUT2D eigenvalue weighted by atomic mass is 19.4. The topological polar surface area (TPSA) is 94.9 Å². The van der Waals surface area contributed by atoms with Gasteiger partial charge in [0.05, 0.1) is 5.92 Å². The first-order valence-electron chi connectivity index (χ1n) is 10.9. The van der Waals surface area contributed by atoms with Crippen LogP contribution in [0.1, 0.15) is 39.8 Å². The molecule has 36 heavy (non-hydrogen) atoms. The molecule has 192 valence electrons. The molecule has 0 bridgehead atoms. The Balaban J connectivity index is 1.73. The molecular formula is C23H21F5N4O4. The normalized spacial score (nSPS) is 19.7. The molecule has 1 aromatic heterocycles. The Bertz CT molecular complexity index is 1320. The van der Waals surface area contributed by atoms with Gasteiger partial charge in [-0.3, -0.25) is 24.1 Å². The standard InChI is InChI=1S/C23H21F5N4O4/c1-3-30-21-11(2)15(23(26,27)28)6-7-31(21)32-10-14(18(33)19(34)17(32)22(30)36)20(35)29-9-12-4-5-13(24)8-16(12)25/h4-5,8,10,15,21,34H,2-3,6-7,9H2,1H3,(H,29,35)/t15?,21-/m0/s1. The number of fused-ring (bicyclic) bond motifs is 3. The van der Waals surface area contributed by atoms with Crippen molar-refractivity contribution in [2.75, 3.05) is 18.1 Å². The van der Waals surface area contributed by atoms with Crippen molar-refractivity contribution in [1.29, 1.82) is 0 Å². The van der Waals surface area contributed by atoms with E-state index in [0.717, 1.165) is 27.9 Å². The molecule has 0 radical (unpaired) electrons. The number of rotatable bonds is 4. The first-order chi connectivity index (χ1) is 16.9. The van der Waals surface area contributed by atoms with Crippen molar-refractivity contribution in [2.24, 2.45) is 5.92 Å². The predicted octanol–water partition coefficient (Wildman–Crippen LogP) is 2.64. The Hall–Kier alpha value is -3.90. The number of benzene rings is 1. The molecule has 2 atom stereocenters. The van der Waals surface area contributed by atoms with Crippen LogP contribution in [-0.2, 0) is 6.54 Å². The van der Waals surface area contributed by atoms with Gasteiger partial charge in [-0.05, 0) is 25.0 Å². The lowest BCUT2D eigenvalue weighted by Crippen LogP contribution is -2.65. The molecule has 13 heteroatoms. The van der Waals surface area contributed by atoms with Crippen LogP contribution in [-0.4, -0.2) is 51.9 Å². The zero-order chi connectivity index (χ0) is 26.5. The third-order valence-corrected chi connectivity index (χ3v) is 6.34. The third kappa shape index (κ3) is 4.07. The van der Waals surface area contributed by atoms with Gasteiger partial charge in [0.2, 0.25) is 5.43 Å². The Labute approximate surface area is 201 Å². The highest BCUT2D eigenvalue weighted by Crippen LogP contribution is 2.42. The summed E-state index contributed by atoms with van der Waals surface area (Å²) in [5, 5.41) is 14.2. The summed E-state index contributed by atoms with van der Waals surface area (Å²) in [6, 6.07) is 2.69. The molecule has 2 N–H and O–H groups in total. The van der Waals surface area contributed by atoms with E-state index in [-0.39, 0.29) is 24.2 Å². The lowest BCUT2D eigenvalue weighted by molar-refractivity contribution is -0.170. The highest BCUT2D eigenvalue weighted by molar-refractivity contribution is 5.99. The minimum absolute atomic E-state index is 0.0390. The highest BCUT2D eigenvalue weighted by Gasteiger charge is 2.51. The van der Waals surface area contributed by atoms with Crippen molar-refractivity contribution in [3.05, 3.63) is 75.2 Å². The van der Waals surface area contributed by atoms with Crippen molar-refractivity contribution in [2.45, 2.75) is 32.2 Å². The molecule has 1 saturated heterocycles. The molecule has 1 fully saturated rings. The average Bonchev–Trinajstić information content (AvgIpc) is 2.80. The molecule has 1 unspecified atom stereocenters. The second kappa shape index (κ2) is 8.95. The van der Waals surface area contributed by atoms with Gasteiger partial charge in [-0.1, -0.05) is 12.6 Å². The number of alkyl halides is 3. The summed E-state index contributed by atoms with van der Waals surface area (Å²) in [5.41, 5.74) is -2.68. The van der Waals surface area contributed by atoms with Crippen LogP contribution < -0.4 is 15.8 Å². The largest absolute Gasteiger partial charge is 0.502 e. The van der Waals surface area contributed by atoms with Crippen LogP contribution in [0.3, 0.4) is 0 Å². The van der Waals surface area contributed by atoms with E-state index in [1.54, 1.807) is 0 Å². The number of nitrogens with zero attached hydrogens (tertiary/aromatic N) is 3. The second-order valence-electron chi connectivity index (χ2n) is 8.42. The number of carbonyl (C=O) groups is 2. The molecular weight excluding hydrogens is 491 g/mol. The van der Waals surface area contributed by atoms with Crippen molar-refractivity contribution < 1.29 is 36.6 Å². The Morgan fingerprint density at radius 2 is 1.94 bits per heavy atom. The average molecular weight is 512 g/mol. The van der Waals surface area contributed by atoms with Gasteiger partial charge in [-0.2, -0.15) is 13.2 Å². The summed E-state index contributed by atoms with van der Waals surface area (Å²) in [4.78, 5) is 39.7. The SMILES string of the molecule is C=C1C(C(F)(F)F)CCN2[C@@H]1N(CC)C(=O)c1c(O)c(=O)c(C(=O)NCc3ccc(F)cc3F)cn12. The number of piperidine rings is 1. The van der Waals surface area contributed by atoms with Crippen LogP contribution in [0, 0.1) is 17.6 Å². The van der Waals surface area contributed by atoms with Crippen molar-refractivity contribution in [3.63, 3.8) is 0 Å². The quantitative estimate of drug-likeness (QED) is 0.485. The summed E-state index contributed by atoms with van der Waals surface area (Å²) in [6.07, 6.45) is -5.27. The van der Waals surface area contributed by atoms with Gasteiger partial charge in [0, 0.05) is 37.5 Å². The first kappa shape index (κ1) is 25.2. The molecule has 4 rings (SSSR count). The number of halogens is 5. The van der Waals surface area contributed by atoms with Gasteiger partial charge in [-0.25, -0.2) is 8.78 Å². The van der Waals surface area contributed by atoms with Crippen LogP contribution in [0.4, 0.5) is 22.0 Å². The lowest BCUT2D eigenvalue weighted by atomic mass is 9.88. The number of hydrogen-bond acceptors (Lipinski definition) is 5. The van der Waals surface area contributed by atoms with Gasteiger partial charge >= 0.3 is 6.18 Å². The summed E-state index contributed by atoms with van der Waals surface area (Å²) in [7, 11) is 0. The van der Waals surface area contributed by atoms with Crippen molar-refractivity contribution in [3.8, 4) is 5.75 Å². The van der Waals surface area contributed by atoms with Crippen LogP contribution >= 0.6 is 0 Å². The molecule has 0 saturated carbocycles. The van der Waals surface area contributed by atoms with Gasteiger partial charge in [0.1, 0.15) is 23.4 Å². The molecule has 0 aliphatic carbocycles. The van der Waals surface area contributed by atoms with E-state index in [1.165, 1.54) is 11.9 Å². The van der Waals surface area contributed by atoms with Gasteiger partial charge < -0.3 is 15.3 Å². The van der Waals surface area contributed by atoms with Crippen molar-refractivity contribution in [1.82, 2.24) is 14.9 Å². The lowest BCUT2D eigenvalue weighted by Gasteiger charge is -2.51. The minimum Gasteiger partial charge on any atom is -0.502 e. The third-order valence-electron chi connectivity index (χ3n) is 6.34. The van der Waals surface area contributed by atoms with Crippen LogP contribution in [0.25, 0.3) is 0 Å². The first-order valence-corrected chi connectivity index (χ1v) is 10.9. The monoisotopic (exact) mass is 512 g/mol. The van der Waals surface area contributed by atoms with E-state index in [1.807, 2.05) is 0 Å². The Morgan fingerprint density at radius 3 is 2.56 bits per heavy atom. The number of likely N-dealkylation sites (N-methyl/N-ethyl adjacent to an activating group) is 1. The maximum Gasteiger partial charge on any atom is 0.395 e. The number of pyridine rings is 1. The summed E-state index contributed by atoms with van der Waals surface area (Å²) in [6.45, 7) is 4.43. The minimum atomic E-state index is -4.59. The molecule has 2 aliphatic heterocycles. The summed E-state index contributed by atoms with van der Waals surface area (Å²) < 4.78 is 68.7. The molecule has 3 heterocycles. The smallest absolute Gasteiger partial charge is 0.395 e. The molecule has 8 nitrogen and oxygen atoms in total. The molecule has 2 amide bonds. The maximum absolute atomic E-state index is 13.9. The van der Waals surface area contributed by atoms with E-state index < -0.39 is 77.1 Å². The number of amides is 2. The zero-order valence-corrected chi connectivity index (χ0v) is 18.9. The molecule has 0 spiro atoms. The molecule has 2 aliphatic rings. The fourth-order valence-electron chi connectivity index (χ4n) is 4.55. The molecule has 2 aromatic rings. The Morgan fingerprint density at radius 1 is 1.25 bits per heavy atom. The zero-order valence-electron chi connectivity index (χ0n) is 18.9. The number of aromatic hydroxyl groups is 1. The summed E-state index contributed by atoms with van der Waals surface area (Å²) >= 11 is 0. The van der Waals surface area contributed by atoms with Gasteiger partial charge in [0.15, 0.2) is 11.4 Å². The van der Waals surface area contributed by atoms with E-state index in [4.69, 9.17) is 0 Å². The van der Waals surface area contributed by atoms with E-state index in [9.17, 15) is 41.4 Å². The number of carbonyl (C=O) groups excluding carboxylic acids is 2. The van der Waals surface area contributed by atoms with Crippen LogP contribution in [0.2, 0.25) is 0 Å². The number of hydrogen-bond donors (Lipinski definition) is 2. The summed E-state index contributed by atoms with van der Waals surface area (Å²) in [5.74, 6) is -6.63. The fraction of sp³-hybridized carbons (Fsp3) is 0.348. The van der Waals surface area contributed by atoms with E-state index >= 15 is 0 Å². The fourth-order valence-corrected chi connectivity index (χ4v) is 4.55.